The SMILES string of the molecule is Cc1nnn(CC[C@@H]2O[C@H](CO)[C@@H](O)[C@H]2O)c1-c1ccccc1. The second kappa shape index (κ2) is 6.76. The Morgan fingerprint density at radius 3 is 2.48 bits per heavy atom. The van der Waals surface area contributed by atoms with Crippen LogP contribution in [-0.4, -0.2) is 61.3 Å². The van der Waals surface area contributed by atoms with Crippen molar-refractivity contribution in [3.63, 3.8) is 0 Å². The summed E-state index contributed by atoms with van der Waals surface area (Å²) in [5.74, 6) is 0. The summed E-state index contributed by atoms with van der Waals surface area (Å²) in [6.07, 6.45) is -2.86. The fraction of sp³-hybridized carbons (Fsp3) is 0.500. The van der Waals surface area contributed by atoms with Gasteiger partial charge in [-0.1, -0.05) is 35.5 Å². The Morgan fingerprint density at radius 1 is 1.13 bits per heavy atom. The highest BCUT2D eigenvalue weighted by molar-refractivity contribution is 5.61. The van der Waals surface area contributed by atoms with Gasteiger partial charge in [-0.25, -0.2) is 4.68 Å². The fourth-order valence-corrected chi connectivity index (χ4v) is 2.98. The second-order valence-corrected chi connectivity index (χ2v) is 5.78. The maximum absolute atomic E-state index is 10.00. The highest BCUT2D eigenvalue weighted by atomic mass is 16.6. The topological polar surface area (TPSA) is 101 Å². The van der Waals surface area contributed by atoms with Gasteiger partial charge in [0.25, 0.3) is 0 Å². The van der Waals surface area contributed by atoms with Gasteiger partial charge in [-0.2, -0.15) is 0 Å². The van der Waals surface area contributed by atoms with Gasteiger partial charge in [0.15, 0.2) is 0 Å². The summed E-state index contributed by atoms with van der Waals surface area (Å²) >= 11 is 0. The van der Waals surface area contributed by atoms with Crippen molar-refractivity contribution in [1.82, 2.24) is 15.0 Å². The largest absolute Gasteiger partial charge is 0.394 e. The minimum Gasteiger partial charge on any atom is -0.394 e. The predicted octanol–water partition coefficient (Wildman–Crippen LogP) is 0.125. The number of aliphatic hydroxyl groups excluding tert-OH is 3. The van der Waals surface area contributed by atoms with Crippen LogP contribution in [0.15, 0.2) is 30.3 Å². The molecule has 2 heterocycles. The molecule has 0 spiro atoms. The Morgan fingerprint density at radius 2 is 1.83 bits per heavy atom. The van der Waals surface area contributed by atoms with E-state index in [2.05, 4.69) is 10.3 Å². The first-order valence-corrected chi connectivity index (χ1v) is 7.69. The number of aliphatic hydroxyl groups is 3. The lowest BCUT2D eigenvalue weighted by molar-refractivity contribution is -0.0253. The fourth-order valence-electron chi connectivity index (χ4n) is 2.98. The third kappa shape index (κ3) is 3.13. The van der Waals surface area contributed by atoms with Gasteiger partial charge in [-0.05, 0) is 13.3 Å². The molecule has 0 amide bonds. The molecular weight excluding hydrogens is 298 g/mol. The number of aromatic nitrogens is 3. The van der Waals surface area contributed by atoms with Crippen LogP contribution in [0.25, 0.3) is 11.3 Å². The van der Waals surface area contributed by atoms with Gasteiger partial charge in [-0.3, -0.25) is 0 Å². The van der Waals surface area contributed by atoms with E-state index in [0.29, 0.717) is 13.0 Å². The third-order valence-corrected chi connectivity index (χ3v) is 4.22. The normalized spacial score (nSPS) is 27.5. The summed E-state index contributed by atoms with van der Waals surface area (Å²) in [5.41, 5.74) is 2.78. The van der Waals surface area contributed by atoms with Crippen LogP contribution in [0.1, 0.15) is 12.1 Å². The van der Waals surface area contributed by atoms with Crippen LogP contribution in [0.3, 0.4) is 0 Å². The lowest BCUT2D eigenvalue weighted by Gasteiger charge is -2.15. The van der Waals surface area contributed by atoms with Gasteiger partial charge < -0.3 is 20.1 Å². The lowest BCUT2D eigenvalue weighted by Crippen LogP contribution is -2.34. The van der Waals surface area contributed by atoms with E-state index in [1.165, 1.54) is 0 Å². The van der Waals surface area contributed by atoms with Crippen LogP contribution < -0.4 is 0 Å². The molecule has 1 aromatic carbocycles. The molecule has 1 fully saturated rings. The second-order valence-electron chi connectivity index (χ2n) is 5.78. The van der Waals surface area contributed by atoms with Crippen LogP contribution in [0, 0.1) is 6.92 Å². The number of nitrogens with zero attached hydrogens (tertiary/aromatic N) is 3. The molecule has 0 radical (unpaired) electrons. The minimum atomic E-state index is -1.06. The molecule has 3 rings (SSSR count). The number of ether oxygens (including phenoxy) is 1. The summed E-state index contributed by atoms with van der Waals surface area (Å²) in [5, 5.41) is 37.2. The highest BCUT2D eigenvalue weighted by Crippen LogP contribution is 2.26. The summed E-state index contributed by atoms with van der Waals surface area (Å²) in [6, 6.07) is 9.85. The summed E-state index contributed by atoms with van der Waals surface area (Å²) in [7, 11) is 0. The molecular formula is C16H21N3O4. The van der Waals surface area contributed by atoms with Crippen molar-refractivity contribution in [3.8, 4) is 11.3 Å². The molecule has 124 valence electrons. The van der Waals surface area contributed by atoms with E-state index in [-0.39, 0.29) is 6.61 Å². The molecule has 1 saturated heterocycles. The van der Waals surface area contributed by atoms with Crippen molar-refractivity contribution in [2.75, 3.05) is 6.61 Å². The van der Waals surface area contributed by atoms with Crippen LogP contribution in [-0.2, 0) is 11.3 Å². The van der Waals surface area contributed by atoms with E-state index in [1.807, 2.05) is 37.3 Å². The molecule has 0 aliphatic carbocycles. The quantitative estimate of drug-likeness (QED) is 0.724. The van der Waals surface area contributed by atoms with E-state index in [9.17, 15) is 10.2 Å². The zero-order valence-electron chi connectivity index (χ0n) is 12.9. The first-order chi connectivity index (χ1) is 11.1. The van der Waals surface area contributed by atoms with Gasteiger partial charge in [0.05, 0.1) is 24.1 Å². The molecule has 1 aliphatic heterocycles. The van der Waals surface area contributed by atoms with Crippen LogP contribution in [0.2, 0.25) is 0 Å². The highest BCUT2D eigenvalue weighted by Gasteiger charge is 2.41. The van der Waals surface area contributed by atoms with Gasteiger partial charge in [0, 0.05) is 12.1 Å². The molecule has 1 aromatic heterocycles. The first-order valence-electron chi connectivity index (χ1n) is 7.69. The molecule has 1 aliphatic rings. The van der Waals surface area contributed by atoms with E-state index in [1.54, 1.807) is 4.68 Å². The third-order valence-electron chi connectivity index (χ3n) is 4.22. The Balaban J connectivity index is 1.73. The number of hydrogen-bond acceptors (Lipinski definition) is 6. The molecule has 0 unspecified atom stereocenters. The van der Waals surface area contributed by atoms with Crippen molar-refractivity contribution < 1.29 is 20.1 Å². The Bertz CT molecular complexity index is 646. The Labute approximate surface area is 134 Å². The number of hydrogen-bond donors (Lipinski definition) is 3. The molecule has 0 bridgehead atoms. The first kappa shape index (κ1) is 16.1. The lowest BCUT2D eigenvalue weighted by atomic mass is 10.1. The van der Waals surface area contributed by atoms with Gasteiger partial charge in [-0.15, -0.1) is 5.10 Å². The van der Waals surface area contributed by atoms with Crippen LogP contribution >= 0.6 is 0 Å². The van der Waals surface area contributed by atoms with Gasteiger partial charge in [0.2, 0.25) is 0 Å². The van der Waals surface area contributed by atoms with Crippen molar-refractivity contribution >= 4 is 0 Å². The van der Waals surface area contributed by atoms with Crippen LogP contribution in [0.5, 0.6) is 0 Å². The van der Waals surface area contributed by atoms with E-state index in [0.717, 1.165) is 17.0 Å². The van der Waals surface area contributed by atoms with Crippen LogP contribution in [0.4, 0.5) is 0 Å². The van der Waals surface area contributed by atoms with Crippen molar-refractivity contribution in [1.29, 1.82) is 0 Å². The van der Waals surface area contributed by atoms with E-state index < -0.39 is 24.4 Å². The summed E-state index contributed by atoms with van der Waals surface area (Å²) in [4.78, 5) is 0. The number of benzene rings is 1. The zero-order chi connectivity index (χ0) is 16.4. The van der Waals surface area contributed by atoms with Gasteiger partial charge in [0.1, 0.15) is 18.3 Å². The molecule has 7 heteroatoms. The predicted molar refractivity (Wildman–Crippen MR) is 82.6 cm³/mol. The van der Waals surface area contributed by atoms with Crippen molar-refractivity contribution in [3.05, 3.63) is 36.0 Å². The molecule has 23 heavy (non-hydrogen) atoms. The smallest absolute Gasteiger partial charge is 0.111 e. The Hall–Kier alpha value is -1.80. The zero-order valence-corrected chi connectivity index (χ0v) is 12.9. The molecule has 4 atom stereocenters. The summed E-state index contributed by atoms with van der Waals surface area (Å²) < 4.78 is 7.27. The van der Waals surface area contributed by atoms with E-state index >= 15 is 0 Å². The van der Waals surface area contributed by atoms with Crippen molar-refractivity contribution in [2.45, 2.75) is 44.3 Å². The molecule has 0 saturated carbocycles. The molecule has 7 nitrogen and oxygen atoms in total. The maximum Gasteiger partial charge on any atom is 0.111 e. The monoisotopic (exact) mass is 319 g/mol. The number of rotatable bonds is 5. The number of aryl methyl sites for hydroxylation is 2. The Kier molecular flexibility index (Phi) is 4.72. The minimum absolute atomic E-state index is 0.313. The maximum atomic E-state index is 10.00. The molecule has 2 aromatic rings. The average molecular weight is 319 g/mol. The summed E-state index contributed by atoms with van der Waals surface area (Å²) in [6.45, 7) is 2.09. The molecule has 3 N–H and O–H groups in total. The average Bonchev–Trinajstić information content (AvgIpc) is 3.07. The van der Waals surface area contributed by atoms with E-state index in [4.69, 9.17) is 9.84 Å². The standard InChI is InChI=1S/C16H21N3O4/c1-10-14(11-5-3-2-4-6-11)19(18-17-10)8-7-12-15(21)16(22)13(9-20)23-12/h2-6,12-13,15-16,20-22H,7-9H2,1H3/t12-,13+,15-,16+/m0/s1. The van der Waals surface area contributed by atoms with Gasteiger partial charge >= 0.3 is 0 Å². The van der Waals surface area contributed by atoms with Crippen molar-refractivity contribution in [2.24, 2.45) is 0 Å².